The van der Waals surface area contributed by atoms with Crippen LogP contribution in [-0.2, 0) is 0 Å². The SMILES string of the molecule is CC(C)(C)CC1CCCN1C(=O)c1cccc(NC(=O)c2ccc(Br)o2)c1. The van der Waals surface area contributed by atoms with Crippen molar-refractivity contribution in [2.45, 2.75) is 46.1 Å². The van der Waals surface area contributed by atoms with Gasteiger partial charge in [0.15, 0.2) is 10.4 Å². The minimum absolute atomic E-state index is 0.0265. The van der Waals surface area contributed by atoms with Crippen LogP contribution in [-0.4, -0.2) is 29.3 Å². The summed E-state index contributed by atoms with van der Waals surface area (Å²) in [6, 6.07) is 10.6. The molecule has 1 atom stereocenters. The van der Waals surface area contributed by atoms with E-state index < -0.39 is 0 Å². The number of benzene rings is 1. The lowest BCUT2D eigenvalue weighted by molar-refractivity contribution is 0.0704. The lowest BCUT2D eigenvalue weighted by Gasteiger charge is -2.30. The number of hydrogen-bond acceptors (Lipinski definition) is 3. The number of amides is 2. The Bertz CT molecular complexity index is 838. The quantitative estimate of drug-likeness (QED) is 0.709. The number of hydrogen-bond donors (Lipinski definition) is 1. The zero-order valence-corrected chi connectivity index (χ0v) is 17.5. The number of rotatable bonds is 4. The smallest absolute Gasteiger partial charge is 0.291 e. The monoisotopic (exact) mass is 432 g/mol. The van der Waals surface area contributed by atoms with Crippen LogP contribution < -0.4 is 5.32 Å². The zero-order chi connectivity index (χ0) is 19.6. The molecule has 5 nitrogen and oxygen atoms in total. The van der Waals surface area contributed by atoms with Crippen LogP contribution in [0.5, 0.6) is 0 Å². The Labute approximate surface area is 168 Å². The van der Waals surface area contributed by atoms with Crippen LogP contribution >= 0.6 is 15.9 Å². The molecule has 1 aromatic carbocycles. The second-order valence-corrected chi connectivity index (χ2v) is 8.98. The molecule has 0 aliphatic carbocycles. The minimum atomic E-state index is -0.350. The summed E-state index contributed by atoms with van der Waals surface area (Å²) in [6.45, 7) is 7.40. The van der Waals surface area contributed by atoms with Gasteiger partial charge in [0, 0.05) is 23.8 Å². The Kier molecular flexibility index (Phi) is 5.75. The second-order valence-electron chi connectivity index (χ2n) is 8.20. The van der Waals surface area contributed by atoms with Gasteiger partial charge in [0.1, 0.15) is 0 Å². The van der Waals surface area contributed by atoms with Crippen LogP contribution in [0.15, 0.2) is 45.5 Å². The normalized spacial score (nSPS) is 17.2. The summed E-state index contributed by atoms with van der Waals surface area (Å²) in [6.07, 6.45) is 3.08. The van der Waals surface area contributed by atoms with Gasteiger partial charge >= 0.3 is 0 Å². The topological polar surface area (TPSA) is 62.6 Å². The molecule has 1 saturated heterocycles. The van der Waals surface area contributed by atoms with Gasteiger partial charge in [-0.05, 0) is 70.9 Å². The van der Waals surface area contributed by atoms with Crippen molar-refractivity contribution in [3.63, 3.8) is 0 Å². The summed E-state index contributed by atoms with van der Waals surface area (Å²) in [4.78, 5) is 27.3. The fourth-order valence-corrected chi connectivity index (χ4v) is 3.85. The molecule has 1 N–H and O–H groups in total. The Morgan fingerprint density at radius 1 is 1.26 bits per heavy atom. The van der Waals surface area contributed by atoms with E-state index in [-0.39, 0.29) is 29.0 Å². The molecule has 27 heavy (non-hydrogen) atoms. The fraction of sp³-hybridized carbons (Fsp3) is 0.429. The first-order chi connectivity index (χ1) is 12.7. The van der Waals surface area contributed by atoms with Crippen LogP contribution in [0.1, 0.15) is 60.9 Å². The molecule has 2 amide bonds. The molecule has 3 rings (SSSR count). The number of furan rings is 1. The molecule has 1 fully saturated rings. The van der Waals surface area contributed by atoms with Crippen LogP contribution in [0.25, 0.3) is 0 Å². The summed E-state index contributed by atoms with van der Waals surface area (Å²) in [7, 11) is 0. The Balaban J connectivity index is 1.72. The van der Waals surface area contributed by atoms with Gasteiger partial charge in [-0.2, -0.15) is 0 Å². The van der Waals surface area contributed by atoms with Crippen LogP contribution in [0.4, 0.5) is 5.69 Å². The maximum Gasteiger partial charge on any atom is 0.291 e. The van der Waals surface area contributed by atoms with E-state index in [0.717, 1.165) is 25.8 Å². The Morgan fingerprint density at radius 2 is 2.04 bits per heavy atom. The Hall–Kier alpha value is -2.08. The molecule has 1 unspecified atom stereocenters. The third-order valence-electron chi connectivity index (χ3n) is 4.65. The van der Waals surface area contributed by atoms with E-state index in [0.29, 0.717) is 15.9 Å². The first-order valence-electron chi connectivity index (χ1n) is 9.21. The summed E-state index contributed by atoms with van der Waals surface area (Å²) < 4.78 is 5.76. The van der Waals surface area contributed by atoms with Crippen molar-refractivity contribution in [1.82, 2.24) is 4.90 Å². The van der Waals surface area contributed by atoms with Crippen molar-refractivity contribution in [2.24, 2.45) is 5.41 Å². The maximum absolute atomic E-state index is 13.0. The standard InChI is InChI=1S/C21H25BrN2O3/c1-21(2,3)13-16-8-5-11-24(16)20(26)14-6-4-7-15(12-14)23-19(25)17-9-10-18(22)27-17/h4,6-7,9-10,12,16H,5,8,11,13H2,1-3H3,(H,23,25). The molecule has 6 heteroatoms. The first kappa shape index (κ1) is 19.7. The van der Waals surface area contributed by atoms with Crippen molar-refractivity contribution in [3.05, 3.63) is 52.4 Å². The van der Waals surface area contributed by atoms with E-state index in [1.54, 1.807) is 36.4 Å². The van der Waals surface area contributed by atoms with Gasteiger partial charge < -0.3 is 14.6 Å². The van der Waals surface area contributed by atoms with Crippen molar-refractivity contribution >= 4 is 33.4 Å². The molecule has 2 heterocycles. The largest absolute Gasteiger partial charge is 0.444 e. The highest BCUT2D eigenvalue weighted by molar-refractivity contribution is 9.10. The van der Waals surface area contributed by atoms with Gasteiger partial charge in [-0.3, -0.25) is 9.59 Å². The average Bonchev–Trinajstić information content (AvgIpc) is 3.22. The first-order valence-corrected chi connectivity index (χ1v) is 10.00. The molecule has 1 aromatic heterocycles. The Morgan fingerprint density at radius 3 is 2.70 bits per heavy atom. The predicted octanol–water partition coefficient (Wildman–Crippen LogP) is 5.34. The minimum Gasteiger partial charge on any atom is -0.444 e. The molecular weight excluding hydrogens is 408 g/mol. The molecule has 1 aliphatic rings. The van der Waals surface area contributed by atoms with Gasteiger partial charge in [-0.25, -0.2) is 0 Å². The number of halogens is 1. The number of anilines is 1. The maximum atomic E-state index is 13.0. The molecule has 1 aliphatic heterocycles. The number of nitrogens with one attached hydrogen (secondary N) is 1. The summed E-state index contributed by atoms with van der Waals surface area (Å²) >= 11 is 3.18. The van der Waals surface area contributed by atoms with Gasteiger partial charge in [-0.1, -0.05) is 26.8 Å². The van der Waals surface area contributed by atoms with E-state index in [1.807, 2.05) is 4.90 Å². The number of carbonyl (C=O) groups excluding carboxylic acids is 2. The lowest BCUT2D eigenvalue weighted by atomic mass is 9.87. The molecule has 0 bridgehead atoms. The van der Waals surface area contributed by atoms with Crippen LogP contribution in [0.3, 0.4) is 0 Å². The van der Waals surface area contributed by atoms with E-state index >= 15 is 0 Å². The van der Waals surface area contributed by atoms with Crippen LogP contribution in [0.2, 0.25) is 0 Å². The van der Waals surface area contributed by atoms with Crippen molar-refractivity contribution < 1.29 is 14.0 Å². The average molecular weight is 433 g/mol. The van der Waals surface area contributed by atoms with Crippen molar-refractivity contribution in [3.8, 4) is 0 Å². The third-order valence-corrected chi connectivity index (χ3v) is 5.08. The zero-order valence-electron chi connectivity index (χ0n) is 15.9. The van der Waals surface area contributed by atoms with Gasteiger partial charge in [-0.15, -0.1) is 0 Å². The molecule has 0 spiro atoms. The summed E-state index contributed by atoms with van der Waals surface area (Å²) in [5, 5.41) is 2.78. The van der Waals surface area contributed by atoms with Crippen molar-refractivity contribution in [1.29, 1.82) is 0 Å². The highest BCUT2D eigenvalue weighted by Gasteiger charge is 2.32. The molecular formula is C21H25BrN2O3. The van der Waals surface area contributed by atoms with E-state index in [1.165, 1.54) is 0 Å². The van der Waals surface area contributed by atoms with E-state index in [9.17, 15) is 9.59 Å². The van der Waals surface area contributed by atoms with Gasteiger partial charge in [0.05, 0.1) is 0 Å². The van der Waals surface area contributed by atoms with Gasteiger partial charge in [0.2, 0.25) is 0 Å². The number of likely N-dealkylation sites (tertiary alicyclic amines) is 1. The van der Waals surface area contributed by atoms with E-state index in [2.05, 4.69) is 42.0 Å². The highest BCUT2D eigenvalue weighted by atomic mass is 79.9. The third kappa shape index (κ3) is 5.01. The van der Waals surface area contributed by atoms with E-state index in [4.69, 9.17) is 4.42 Å². The highest BCUT2D eigenvalue weighted by Crippen LogP contribution is 2.31. The number of nitrogens with zero attached hydrogens (tertiary/aromatic N) is 1. The molecule has 144 valence electrons. The molecule has 0 radical (unpaired) electrons. The number of carbonyl (C=O) groups is 2. The lowest BCUT2D eigenvalue weighted by Crippen LogP contribution is -2.37. The second kappa shape index (κ2) is 7.89. The van der Waals surface area contributed by atoms with Crippen molar-refractivity contribution in [2.75, 3.05) is 11.9 Å². The summed E-state index contributed by atoms with van der Waals surface area (Å²) in [5.74, 6) is -0.112. The van der Waals surface area contributed by atoms with Crippen LogP contribution in [0, 0.1) is 5.41 Å². The molecule has 0 saturated carbocycles. The fourth-order valence-electron chi connectivity index (χ4n) is 3.55. The summed E-state index contributed by atoms with van der Waals surface area (Å²) in [5.41, 5.74) is 1.35. The molecule has 2 aromatic rings. The predicted molar refractivity (Wildman–Crippen MR) is 109 cm³/mol. The van der Waals surface area contributed by atoms with Gasteiger partial charge in [0.25, 0.3) is 11.8 Å².